The van der Waals surface area contributed by atoms with E-state index < -0.39 is 27.2 Å². The lowest BCUT2D eigenvalue weighted by Crippen LogP contribution is -2.65. The average molecular weight is 515 g/mol. The van der Waals surface area contributed by atoms with Crippen LogP contribution in [0.15, 0.2) is 36.5 Å². The maximum atomic E-state index is 13.4. The Morgan fingerprint density at radius 1 is 1.26 bits per heavy atom. The number of amides is 2. The van der Waals surface area contributed by atoms with Gasteiger partial charge >= 0.3 is 0 Å². The molecule has 35 heavy (non-hydrogen) atoms. The number of nitrogens with one attached hydrogen (secondary N) is 2. The molecule has 0 radical (unpaired) electrons. The Balaban J connectivity index is 1.68. The number of carbonyl (C=O) groups is 2. The predicted molar refractivity (Wildman–Crippen MR) is 137 cm³/mol. The second-order valence-corrected chi connectivity index (χ2v) is 11.2. The molecule has 4 N–H and O–H groups in total. The molecule has 1 saturated heterocycles. The van der Waals surface area contributed by atoms with E-state index in [9.17, 15) is 18.0 Å². The molecule has 1 aliphatic heterocycles. The smallest absolute Gasteiger partial charge is 0.274 e. The Labute approximate surface area is 208 Å². The fourth-order valence-corrected chi connectivity index (χ4v) is 6.52. The molecule has 2 amide bonds. The van der Waals surface area contributed by atoms with Crippen molar-refractivity contribution >= 4 is 58.1 Å². The Bertz CT molecular complexity index is 1440. The van der Waals surface area contributed by atoms with E-state index in [-0.39, 0.29) is 34.3 Å². The van der Waals surface area contributed by atoms with Crippen molar-refractivity contribution in [1.29, 1.82) is 0 Å². The van der Waals surface area contributed by atoms with E-state index in [0.29, 0.717) is 28.3 Å². The highest BCUT2D eigenvalue weighted by atomic mass is 35.5. The summed E-state index contributed by atoms with van der Waals surface area (Å²) < 4.78 is 24.9. The van der Waals surface area contributed by atoms with Gasteiger partial charge in [0.1, 0.15) is 5.69 Å². The second kappa shape index (κ2) is 9.01. The van der Waals surface area contributed by atoms with Crippen molar-refractivity contribution in [2.24, 2.45) is 0 Å². The number of rotatable bonds is 6. The third kappa shape index (κ3) is 4.89. The number of aryl methyl sites for hydroxylation is 1. The number of nitrogen functional groups attached to an aromatic ring is 1. The van der Waals surface area contributed by atoms with Crippen molar-refractivity contribution in [3.63, 3.8) is 0 Å². The molecular weight excluding hydrogens is 491 g/mol. The molecule has 0 unspecified atom stereocenters. The van der Waals surface area contributed by atoms with Crippen LogP contribution in [-0.4, -0.2) is 59.9 Å². The van der Waals surface area contributed by atoms with Crippen LogP contribution in [0.2, 0.25) is 5.02 Å². The molecular formula is C22H24BClN6O4S. The SMILES string of the molecule is Bc1cc(C(=O)Nc2c(C)cc(N)cc2C(=O)NC2(CC)CS(=O)(=O)C2)n(-c2ncccc2Cl)n1. The van der Waals surface area contributed by atoms with Gasteiger partial charge in [0, 0.05) is 17.5 Å². The zero-order valence-corrected chi connectivity index (χ0v) is 21.0. The first-order valence-corrected chi connectivity index (χ1v) is 13.1. The number of benzene rings is 1. The topological polar surface area (TPSA) is 149 Å². The number of aromatic nitrogens is 3. The first kappa shape index (κ1) is 24.7. The van der Waals surface area contributed by atoms with Crippen molar-refractivity contribution in [1.82, 2.24) is 20.1 Å². The number of nitrogens with zero attached hydrogens (tertiary/aromatic N) is 3. The van der Waals surface area contributed by atoms with E-state index in [2.05, 4.69) is 20.7 Å². The third-order valence-electron chi connectivity index (χ3n) is 5.89. The van der Waals surface area contributed by atoms with Crippen LogP contribution in [0, 0.1) is 6.92 Å². The van der Waals surface area contributed by atoms with Crippen molar-refractivity contribution in [3.8, 4) is 5.82 Å². The van der Waals surface area contributed by atoms with Crippen LogP contribution < -0.4 is 22.0 Å². The summed E-state index contributed by atoms with van der Waals surface area (Å²) in [5, 5.41) is 10.3. The quantitative estimate of drug-likeness (QED) is 0.322. The zero-order valence-electron chi connectivity index (χ0n) is 19.4. The molecule has 2 aromatic heterocycles. The summed E-state index contributed by atoms with van der Waals surface area (Å²) in [6, 6.07) is 7.97. The van der Waals surface area contributed by atoms with Gasteiger partial charge in [-0.1, -0.05) is 18.5 Å². The number of sulfone groups is 1. The van der Waals surface area contributed by atoms with Gasteiger partial charge in [-0.25, -0.2) is 18.1 Å². The van der Waals surface area contributed by atoms with Gasteiger partial charge < -0.3 is 16.4 Å². The molecule has 1 aliphatic rings. The number of carbonyl (C=O) groups excluding carboxylic acids is 2. The number of nitrogens with two attached hydrogens (primary N) is 1. The number of pyridine rings is 1. The third-order valence-corrected chi connectivity index (χ3v) is 8.17. The second-order valence-electron chi connectivity index (χ2n) is 8.73. The maximum absolute atomic E-state index is 13.4. The Hall–Kier alpha value is -3.38. The molecule has 1 aromatic carbocycles. The van der Waals surface area contributed by atoms with Crippen LogP contribution in [-0.2, 0) is 9.84 Å². The standard InChI is InChI=1S/C22H24BClN6O4S/c1-3-22(10-35(33,34)11-22)28-20(31)14-8-13(25)7-12(2)18(14)27-21(32)16-9-17(23)29-30(16)19-15(24)5-4-6-26-19/h4-9H,3,10-11,23,25H2,1-2H3,(H,27,32)(H,28,31). The Morgan fingerprint density at radius 2 is 1.97 bits per heavy atom. The largest absolute Gasteiger partial charge is 0.399 e. The van der Waals surface area contributed by atoms with E-state index in [4.69, 9.17) is 17.3 Å². The molecule has 0 atom stereocenters. The average Bonchev–Trinajstić information content (AvgIpc) is 3.15. The van der Waals surface area contributed by atoms with Crippen LogP contribution in [0.1, 0.15) is 39.8 Å². The minimum absolute atomic E-state index is 0.130. The fraction of sp³-hybridized carbons (Fsp3) is 0.273. The highest BCUT2D eigenvalue weighted by molar-refractivity contribution is 7.93. The van der Waals surface area contributed by atoms with Crippen LogP contribution in [0.3, 0.4) is 0 Å². The zero-order chi connectivity index (χ0) is 25.5. The van der Waals surface area contributed by atoms with Crippen LogP contribution >= 0.6 is 11.6 Å². The van der Waals surface area contributed by atoms with Gasteiger partial charge in [0.25, 0.3) is 11.8 Å². The minimum Gasteiger partial charge on any atom is -0.399 e. The predicted octanol–water partition coefficient (Wildman–Crippen LogP) is 0.629. The molecule has 0 bridgehead atoms. The molecule has 3 aromatic rings. The highest BCUT2D eigenvalue weighted by Crippen LogP contribution is 2.30. The monoisotopic (exact) mass is 514 g/mol. The lowest BCUT2D eigenvalue weighted by molar-refractivity contribution is 0.0909. The molecule has 4 rings (SSSR count). The summed E-state index contributed by atoms with van der Waals surface area (Å²) >= 11 is 6.26. The van der Waals surface area contributed by atoms with Gasteiger partial charge in [0.2, 0.25) is 0 Å². The molecule has 1 fully saturated rings. The van der Waals surface area contributed by atoms with Crippen molar-refractivity contribution < 1.29 is 18.0 Å². The van der Waals surface area contributed by atoms with Crippen LogP contribution in [0.5, 0.6) is 0 Å². The van der Waals surface area contributed by atoms with E-state index in [1.54, 1.807) is 39.0 Å². The number of hydrogen-bond acceptors (Lipinski definition) is 7. The maximum Gasteiger partial charge on any atom is 0.274 e. The van der Waals surface area contributed by atoms with Crippen molar-refractivity contribution in [2.45, 2.75) is 25.8 Å². The summed E-state index contributed by atoms with van der Waals surface area (Å²) in [7, 11) is -1.45. The molecule has 3 heterocycles. The lowest BCUT2D eigenvalue weighted by Gasteiger charge is -2.41. The first-order valence-electron chi connectivity index (χ1n) is 10.9. The molecule has 0 spiro atoms. The van der Waals surface area contributed by atoms with E-state index >= 15 is 0 Å². The highest BCUT2D eigenvalue weighted by Gasteiger charge is 2.48. The Morgan fingerprint density at radius 3 is 2.60 bits per heavy atom. The fourth-order valence-electron chi connectivity index (χ4n) is 4.17. The summed E-state index contributed by atoms with van der Waals surface area (Å²) in [6.45, 7) is 3.53. The Kier molecular flexibility index (Phi) is 6.37. The van der Waals surface area contributed by atoms with E-state index in [1.807, 2.05) is 6.92 Å². The molecule has 0 saturated carbocycles. The number of hydrogen-bond donors (Lipinski definition) is 3. The van der Waals surface area contributed by atoms with Gasteiger partial charge in [-0.2, -0.15) is 5.10 Å². The summed E-state index contributed by atoms with van der Waals surface area (Å²) in [5.41, 5.74) is 7.16. The minimum atomic E-state index is -3.18. The van der Waals surface area contributed by atoms with Crippen molar-refractivity contribution in [3.05, 3.63) is 58.4 Å². The van der Waals surface area contributed by atoms with Crippen LogP contribution in [0.25, 0.3) is 5.82 Å². The van der Waals surface area contributed by atoms with Crippen LogP contribution in [0.4, 0.5) is 11.4 Å². The molecule has 182 valence electrons. The van der Waals surface area contributed by atoms with Crippen molar-refractivity contribution in [2.75, 3.05) is 22.6 Å². The number of halogens is 1. The van der Waals surface area contributed by atoms with Gasteiger partial charge in [-0.3, -0.25) is 9.59 Å². The first-order chi connectivity index (χ1) is 16.4. The van der Waals surface area contributed by atoms with Gasteiger partial charge in [0.15, 0.2) is 23.5 Å². The lowest BCUT2D eigenvalue weighted by atomic mass is 9.98. The summed E-state index contributed by atoms with van der Waals surface area (Å²) in [4.78, 5) is 30.8. The normalized spacial score (nSPS) is 15.7. The van der Waals surface area contributed by atoms with E-state index in [0.717, 1.165) is 0 Å². The van der Waals surface area contributed by atoms with Gasteiger partial charge in [-0.05, 0) is 49.2 Å². The molecule has 10 nitrogen and oxygen atoms in total. The summed E-state index contributed by atoms with van der Waals surface area (Å²) in [5.74, 6) is -1.03. The molecule has 13 heteroatoms. The van der Waals surface area contributed by atoms with E-state index in [1.165, 1.54) is 16.9 Å². The van der Waals surface area contributed by atoms with Gasteiger partial charge in [-0.15, -0.1) is 0 Å². The summed E-state index contributed by atoms with van der Waals surface area (Å²) in [6.07, 6.45) is 1.99. The molecule has 0 aliphatic carbocycles. The van der Waals surface area contributed by atoms with Gasteiger partial charge in [0.05, 0.1) is 33.3 Å². The number of anilines is 2.